The van der Waals surface area contributed by atoms with E-state index in [1.54, 1.807) is 11.8 Å². The van der Waals surface area contributed by atoms with Gasteiger partial charge in [-0.15, -0.1) is 24.6 Å². The second-order valence-corrected chi connectivity index (χ2v) is 5.89. The Bertz CT molecular complexity index is 520. The third-order valence-electron chi connectivity index (χ3n) is 3.36. The molecule has 0 saturated heterocycles. The lowest BCUT2D eigenvalue weighted by Crippen LogP contribution is -2.45. The predicted octanol–water partition coefficient (Wildman–Crippen LogP) is 3.90. The van der Waals surface area contributed by atoms with Gasteiger partial charge in [0, 0.05) is 18.1 Å². The normalized spacial score (nSPS) is 17.7. The highest BCUT2D eigenvalue weighted by molar-refractivity contribution is 8.02. The zero-order valence-electron chi connectivity index (χ0n) is 13.0. The molecule has 0 bridgehead atoms. The predicted molar refractivity (Wildman–Crippen MR) is 97.0 cm³/mol. The van der Waals surface area contributed by atoms with E-state index >= 15 is 0 Å². The molecule has 0 aromatic heterocycles. The summed E-state index contributed by atoms with van der Waals surface area (Å²) in [5.41, 5.74) is 1.71. The Labute approximate surface area is 142 Å². The fourth-order valence-electron chi connectivity index (χ4n) is 2.37. The van der Waals surface area contributed by atoms with Crippen LogP contribution < -0.4 is 0 Å². The summed E-state index contributed by atoms with van der Waals surface area (Å²) in [4.78, 5) is 14.9. The van der Waals surface area contributed by atoms with E-state index in [2.05, 4.69) is 26.0 Å². The van der Waals surface area contributed by atoms with Crippen molar-refractivity contribution in [1.82, 2.24) is 4.90 Å². The van der Waals surface area contributed by atoms with E-state index in [1.165, 1.54) is 22.6 Å². The summed E-state index contributed by atoms with van der Waals surface area (Å²) in [6.07, 6.45) is 13.9. The maximum atomic E-state index is 11.6. The number of rotatable bonds is 6. The highest BCUT2D eigenvalue weighted by Gasteiger charge is 2.31. The van der Waals surface area contributed by atoms with Crippen LogP contribution in [0.25, 0.3) is 0 Å². The van der Waals surface area contributed by atoms with Crippen LogP contribution >= 0.6 is 23.4 Å². The number of hydrogen-bond donors (Lipinski definition) is 1. The Morgan fingerprint density at radius 3 is 2.41 bits per heavy atom. The molecule has 1 rings (SSSR count). The van der Waals surface area contributed by atoms with E-state index in [4.69, 9.17) is 11.6 Å². The van der Waals surface area contributed by atoms with Crippen LogP contribution in [0.5, 0.6) is 0 Å². The van der Waals surface area contributed by atoms with Gasteiger partial charge in [0.2, 0.25) is 0 Å². The molecule has 1 N–H and O–H groups in total. The molecule has 1 unspecified atom stereocenters. The molecule has 1 atom stereocenters. The summed E-state index contributed by atoms with van der Waals surface area (Å²) in [6, 6.07) is -0.781. The Morgan fingerprint density at radius 1 is 1.45 bits per heavy atom. The molecule has 1 aliphatic rings. The molecular formula is C17H22ClNO2S. The summed E-state index contributed by atoms with van der Waals surface area (Å²) < 4.78 is 0. The van der Waals surface area contributed by atoms with Crippen molar-refractivity contribution in [2.45, 2.75) is 19.4 Å². The van der Waals surface area contributed by atoms with Crippen LogP contribution in [0, 0.1) is 12.8 Å². The topological polar surface area (TPSA) is 40.5 Å². The lowest BCUT2D eigenvalue weighted by atomic mass is 10.0. The van der Waals surface area contributed by atoms with Crippen LogP contribution in [-0.4, -0.2) is 41.4 Å². The van der Waals surface area contributed by atoms with Gasteiger partial charge in [-0.1, -0.05) is 36.9 Å². The molecule has 0 saturated carbocycles. The highest BCUT2D eigenvalue weighted by Crippen LogP contribution is 2.29. The molecule has 1 aliphatic heterocycles. The summed E-state index contributed by atoms with van der Waals surface area (Å²) in [6.45, 7) is 10.7. The summed E-state index contributed by atoms with van der Waals surface area (Å²) in [5.74, 6) is -0.916. The molecule has 0 aliphatic carbocycles. The third kappa shape index (κ3) is 5.10. The molecule has 3 nitrogen and oxygen atoms in total. The van der Waals surface area contributed by atoms with Crippen LogP contribution in [0.4, 0.5) is 0 Å². The molecule has 0 spiro atoms. The fraction of sp³-hybridized carbons (Fsp3) is 0.353. The third-order valence-corrected chi connectivity index (χ3v) is 4.78. The Morgan fingerprint density at radius 2 is 2.05 bits per heavy atom. The standard InChI is InChI=1S/C15H20ClNO2S.C2H2/c1-5-11(12(16)6-2)14(15(18)19)17-8-7-13(20-4)10(3)9-17;1-2/h5-6,14H,1-2,7-9H2,3-4H3,(H,18,19);1-2H/b12-11-;. The lowest BCUT2D eigenvalue weighted by molar-refractivity contribution is -0.141. The molecule has 22 heavy (non-hydrogen) atoms. The van der Waals surface area contributed by atoms with E-state index in [1.807, 2.05) is 18.1 Å². The Balaban J connectivity index is 0.00000211. The summed E-state index contributed by atoms with van der Waals surface area (Å²) in [5, 5.41) is 9.88. The molecule has 0 aromatic carbocycles. The number of terminal acetylenes is 1. The second kappa shape index (κ2) is 10.3. The van der Waals surface area contributed by atoms with Crippen LogP contribution in [0.2, 0.25) is 0 Å². The van der Waals surface area contributed by atoms with Crippen LogP contribution in [0.1, 0.15) is 13.3 Å². The van der Waals surface area contributed by atoms with Crippen LogP contribution in [0.3, 0.4) is 0 Å². The molecule has 1 heterocycles. The van der Waals surface area contributed by atoms with Crippen molar-refractivity contribution >= 4 is 29.3 Å². The first-order valence-electron chi connectivity index (χ1n) is 6.63. The van der Waals surface area contributed by atoms with E-state index in [0.29, 0.717) is 23.7 Å². The monoisotopic (exact) mass is 339 g/mol. The average Bonchev–Trinajstić information content (AvgIpc) is 2.53. The SMILES string of the molecule is C#C.C=C/C(Cl)=C(\C=C)C(C(=O)O)N1CCC(SC)=C(C)C1. The molecule has 0 fully saturated rings. The zero-order valence-corrected chi connectivity index (χ0v) is 14.6. The maximum Gasteiger partial charge on any atom is 0.325 e. The van der Waals surface area contributed by atoms with Gasteiger partial charge >= 0.3 is 5.97 Å². The van der Waals surface area contributed by atoms with Crippen molar-refractivity contribution in [3.05, 3.63) is 46.4 Å². The van der Waals surface area contributed by atoms with Gasteiger partial charge in [-0.3, -0.25) is 9.69 Å². The Kier molecular flexibility index (Phi) is 9.68. The van der Waals surface area contributed by atoms with Gasteiger partial charge in [0.1, 0.15) is 6.04 Å². The van der Waals surface area contributed by atoms with Crippen LogP contribution in [0.15, 0.2) is 46.4 Å². The minimum Gasteiger partial charge on any atom is -0.480 e. The molecule has 5 heteroatoms. The first kappa shape index (κ1) is 20.6. The van der Waals surface area contributed by atoms with E-state index in [-0.39, 0.29) is 0 Å². The molecular weight excluding hydrogens is 318 g/mol. The number of carboxylic acids is 1. The van der Waals surface area contributed by atoms with Gasteiger partial charge in [0.25, 0.3) is 0 Å². The van der Waals surface area contributed by atoms with Crippen molar-refractivity contribution < 1.29 is 9.90 Å². The van der Waals surface area contributed by atoms with Gasteiger partial charge < -0.3 is 5.11 Å². The number of thioether (sulfide) groups is 1. The average molecular weight is 340 g/mol. The van der Waals surface area contributed by atoms with Crippen molar-refractivity contribution in [3.63, 3.8) is 0 Å². The van der Waals surface area contributed by atoms with Crippen molar-refractivity contribution in [3.8, 4) is 12.8 Å². The zero-order chi connectivity index (χ0) is 17.3. The van der Waals surface area contributed by atoms with Gasteiger partial charge in [-0.2, -0.15) is 0 Å². The molecule has 0 radical (unpaired) electrons. The van der Waals surface area contributed by atoms with Gasteiger partial charge in [0.15, 0.2) is 0 Å². The minimum absolute atomic E-state index is 0.338. The number of hydrogen-bond acceptors (Lipinski definition) is 3. The van der Waals surface area contributed by atoms with Gasteiger partial charge in [-0.25, -0.2) is 0 Å². The second-order valence-electron chi connectivity index (χ2n) is 4.58. The molecule has 0 aromatic rings. The van der Waals surface area contributed by atoms with Crippen molar-refractivity contribution in [2.75, 3.05) is 19.3 Å². The molecule has 120 valence electrons. The molecule has 0 amide bonds. The number of carbonyl (C=O) groups is 1. The highest BCUT2D eigenvalue weighted by atomic mass is 35.5. The maximum absolute atomic E-state index is 11.6. The smallest absolute Gasteiger partial charge is 0.325 e. The lowest BCUT2D eigenvalue weighted by Gasteiger charge is -2.34. The van der Waals surface area contributed by atoms with E-state index in [9.17, 15) is 9.90 Å². The number of nitrogens with zero attached hydrogens (tertiary/aromatic N) is 1. The first-order chi connectivity index (χ1) is 10.5. The van der Waals surface area contributed by atoms with E-state index < -0.39 is 12.0 Å². The van der Waals surface area contributed by atoms with Crippen molar-refractivity contribution in [2.24, 2.45) is 0 Å². The van der Waals surface area contributed by atoms with Crippen LogP contribution in [-0.2, 0) is 4.79 Å². The summed E-state index contributed by atoms with van der Waals surface area (Å²) >= 11 is 7.80. The summed E-state index contributed by atoms with van der Waals surface area (Å²) in [7, 11) is 0. The van der Waals surface area contributed by atoms with Gasteiger partial charge in [-0.05, 0) is 35.7 Å². The largest absolute Gasteiger partial charge is 0.480 e. The van der Waals surface area contributed by atoms with Crippen molar-refractivity contribution in [1.29, 1.82) is 0 Å². The van der Waals surface area contributed by atoms with E-state index in [0.717, 1.165) is 6.42 Å². The van der Waals surface area contributed by atoms with Gasteiger partial charge in [0.05, 0.1) is 0 Å². The Hall–Kier alpha value is -1.41. The fourth-order valence-corrected chi connectivity index (χ4v) is 3.26. The number of allylic oxidation sites excluding steroid dienone is 2. The number of halogens is 1. The first-order valence-corrected chi connectivity index (χ1v) is 8.23. The quantitative estimate of drug-likeness (QED) is 0.588. The number of aliphatic carboxylic acids is 1. The minimum atomic E-state index is -0.916. The number of carboxylic acid groups (broad SMARTS) is 1.